The summed E-state index contributed by atoms with van der Waals surface area (Å²) in [6.45, 7) is 2.79. The van der Waals surface area contributed by atoms with Gasteiger partial charge in [0.1, 0.15) is 6.54 Å². The molecule has 0 bridgehead atoms. The van der Waals surface area contributed by atoms with Crippen LogP contribution in [0.2, 0.25) is 0 Å². The first-order valence-electron chi connectivity index (χ1n) is 6.80. The molecule has 0 spiro atoms. The van der Waals surface area contributed by atoms with Gasteiger partial charge in [-0.3, -0.25) is 9.59 Å². The van der Waals surface area contributed by atoms with Gasteiger partial charge in [-0.05, 0) is 25.9 Å². The summed E-state index contributed by atoms with van der Waals surface area (Å²) in [7, 11) is 0. The molecule has 1 aliphatic rings. The van der Waals surface area contributed by atoms with Crippen LogP contribution in [0.15, 0.2) is 0 Å². The number of nitrogens with zero attached hydrogens (tertiary/aromatic N) is 1. The van der Waals surface area contributed by atoms with Gasteiger partial charge in [-0.2, -0.15) is 0 Å². The summed E-state index contributed by atoms with van der Waals surface area (Å²) in [4.78, 5) is 35.0. The van der Waals surface area contributed by atoms with Crippen LogP contribution in [0, 0.1) is 0 Å². The molecule has 0 aliphatic carbocycles. The summed E-state index contributed by atoms with van der Waals surface area (Å²) in [5.74, 6) is -1.65. The van der Waals surface area contributed by atoms with E-state index in [0.29, 0.717) is 6.54 Å². The van der Waals surface area contributed by atoms with Crippen LogP contribution in [0.5, 0.6) is 0 Å². The maximum Gasteiger partial charge on any atom is 0.322 e. The van der Waals surface area contributed by atoms with E-state index in [4.69, 9.17) is 5.11 Å². The van der Waals surface area contributed by atoms with Gasteiger partial charge in [-0.25, -0.2) is 4.79 Å². The molecule has 0 atom stereocenters. The van der Waals surface area contributed by atoms with Gasteiger partial charge in [0.15, 0.2) is 0 Å². The fourth-order valence-corrected chi connectivity index (χ4v) is 1.97. The highest BCUT2D eigenvalue weighted by Crippen LogP contribution is 2.07. The molecule has 8 heteroatoms. The van der Waals surface area contributed by atoms with Crippen molar-refractivity contribution in [1.29, 1.82) is 0 Å². The second-order valence-electron chi connectivity index (χ2n) is 4.68. The molecule has 4 N–H and O–H groups in total. The zero-order valence-corrected chi connectivity index (χ0v) is 11.5. The lowest BCUT2D eigenvalue weighted by Gasteiger charge is -2.26. The number of aliphatic carboxylic acids is 1. The normalized spacial score (nSPS) is 15.4. The van der Waals surface area contributed by atoms with Gasteiger partial charge in [0.05, 0.1) is 6.54 Å². The summed E-state index contributed by atoms with van der Waals surface area (Å²) >= 11 is 0. The van der Waals surface area contributed by atoms with E-state index in [1.54, 1.807) is 0 Å². The van der Waals surface area contributed by atoms with Gasteiger partial charge in [-0.1, -0.05) is 6.42 Å². The lowest BCUT2D eigenvalue weighted by atomic mass is 10.1. The number of carboxylic acids is 1. The Morgan fingerprint density at radius 3 is 2.30 bits per heavy atom. The minimum atomic E-state index is -1.12. The number of piperidine rings is 1. The summed E-state index contributed by atoms with van der Waals surface area (Å²) in [6.07, 6.45) is 3.68. The monoisotopic (exact) mass is 286 g/mol. The molecule has 0 aromatic rings. The number of hydrogen-bond donors (Lipinski definition) is 4. The Bertz CT molecular complexity index is 342. The van der Waals surface area contributed by atoms with Crippen molar-refractivity contribution < 1.29 is 19.5 Å². The molecule has 3 amide bonds. The van der Waals surface area contributed by atoms with Gasteiger partial charge in [0, 0.05) is 13.1 Å². The van der Waals surface area contributed by atoms with E-state index >= 15 is 0 Å². The van der Waals surface area contributed by atoms with Gasteiger partial charge in [-0.15, -0.1) is 0 Å². The average molecular weight is 286 g/mol. The number of nitrogens with one attached hydrogen (secondary N) is 3. The first kappa shape index (κ1) is 16.2. The number of carbonyl (C=O) groups excluding carboxylic acids is 2. The molecule has 114 valence electrons. The number of amides is 3. The highest BCUT2D eigenvalue weighted by molar-refractivity contribution is 5.86. The Balaban J connectivity index is 2.02. The molecule has 0 aromatic carbocycles. The van der Waals surface area contributed by atoms with E-state index in [9.17, 15) is 14.4 Å². The third-order valence-electron chi connectivity index (χ3n) is 3.01. The lowest BCUT2D eigenvalue weighted by molar-refractivity contribution is -0.137. The molecular formula is C12H22N4O4. The van der Waals surface area contributed by atoms with E-state index in [1.807, 2.05) is 0 Å². The van der Waals surface area contributed by atoms with Crippen LogP contribution in [0.4, 0.5) is 4.79 Å². The Morgan fingerprint density at radius 2 is 1.65 bits per heavy atom. The molecule has 20 heavy (non-hydrogen) atoms. The second kappa shape index (κ2) is 9.13. The number of carboxylic acid groups (broad SMARTS) is 1. The van der Waals surface area contributed by atoms with Crippen LogP contribution in [0.3, 0.4) is 0 Å². The van der Waals surface area contributed by atoms with Crippen molar-refractivity contribution in [2.45, 2.75) is 19.3 Å². The molecule has 0 aromatic heterocycles. The molecule has 0 radical (unpaired) electrons. The SMILES string of the molecule is O=C(O)CNC(=O)CNC(=O)NCCN1CCCCC1. The van der Waals surface area contributed by atoms with Crippen molar-refractivity contribution in [2.24, 2.45) is 0 Å². The van der Waals surface area contributed by atoms with E-state index in [-0.39, 0.29) is 6.54 Å². The molecule has 1 fully saturated rings. The molecule has 1 aliphatic heterocycles. The Kier molecular flexibility index (Phi) is 7.41. The summed E-state index contributed by atoms with van der Waals surface area (Å²) in [5, 5.41) is 15.5. The topological polar surface area (TPSA) is 111 Å². The minimum absolute atomic E-state index is 0.233. The average Bonchev–Trinajstić information content (AvgIpc) is 2.44. The third kappa shape index (κ3) is 7.57. The molecule has 8 nitrogen and oxygen atoms in total. The fraction of sp³-hybridized carbons (Fsp3) is 0.750. The quantitative estimate of drug-likeness (QED) is 0.478. The zero-order valence-electron chi connectivity index (χ0n) is 11.5. The number of urea groups is 1. The molecule has 0 unspecified atom stereocenters. The van der Waals surface area contributed by atoms with E-state index < -0.39 is 24.5 Å². The van der Waals surface area contributed by atoms with Gasteiger partial charge in [0.25, 0.3) is 0 Å². The molecule has 1 saturated heterocycles. The lowest BCUT2D eigenvalue weighted by Crippen LogP contribution is -2.45. The van der Waals surface area contributed by atoms with Crippen molar-refractivity contribution in [2.75, 3.05) is 39.3 Å². The summed E-state index contributed by atoms with van der Waals surface area (Å²) in [6, 6.07) is -0.424. The third-order valence-corrected chi connectivity index (χ3v) is 3.01. The van der Waals surface area contributed by atoms with Crippen molar-refractivity contribution in [1.82, 2.24) is 20.9 Å². The molecular weight excluding hydrogens is 264 g/mol. The highest BCUT2D eigenvalue weighted by atomic mass is 16.4. The van der Waals surface area contributed by atoms with Crippen molar-refractivity contribution in [3.8, 4) is 0 Å². The van der Waals surface area contributed by atoms with Crippen molar-refractivity contribution in [3.05, 3.63) is 0 Å². The Morgan fingerprint density at radius 1 is 0.950 bits per heavy atom. The van der Waals surface area contributed by atoms with E-state index in [2.05, 4.69) is 20.9 Å². The standard InChI is InChI=1S/C12H22N4O4/c17-10(14-9-11(18)19)8-15-12(20)13-4-7-16-5-2-1-3-6-16/h1-9H2,(H,14,17)(H,18,19)(H2,13,15,20). The highest BCUT2D eigenvalue weighted by Gasteiger charge is 2.10. The van der Waals surface area contributed by atoms with Crippen LogP contribution in [0.1, 0.15) is 19.3 Å². The maximum atomic E-state index is 11.4. The van der Waals surface area contributed by atoms with Crippen molar-refractivity contribution >= 4 is 17.9 Å². The first-order valence-corrected chi connectivity index (χ1v) is 6.80. The predicted octanol–water partition coefficient (Wildman–Crippen LogP) is -1.03. The van der Waals surface area contributed by atoms with Gasteiger partial charge in [0.2, 0.25) is 5.91 Å². The number of carbonyl (C=O) groups is 3. The number of hydrogen-bond acceptors (Lipinski definition) is 4. The smallest absolute Gasteiger partial charge is 0.322 e. The second-order valence-corrected chi connectivity index (χ2v) is 4.68. The van der Waals surface area contributed by atoms with Crippen LogP contribution in [0.25, 0.3) is 0 Å². The Hall–Kier alpha value is -1.83. The van der Waals surface area contributed by atoms with Crippen molar-refractivity contribution in [3.63, 3.8) is 0 Å². The van der Waals surface area contributed by atoms with Crippen LogP contribution >= 0.6 is 0 Å². The van der Waals surface area contributed by atoms with Crippen LogP contribution in [-0.4, -0.2) is 67.2 Å². The van der Waals surface area contributed by atoms with E-state index in [1.165, 1.54) is 19.3 Å². The zero-order chi connectivity index (χ0) is 14.8. The largest absolute Gasteiger partial charge is 0.480 e. The Labute approximate surface area is 117 Å². The fourth-order valence-electron chi connectivity index (χ4n) is 1.97. The van der Waals surface area contributed by atoms with Crippen LogP contribution in [-0.2, 0) is 9.59 Å². The van der Waals surface area contributed by atoms with Crippen LogP contribution < -0.4 is 16.0 Å². The minimum Gasteiger partial charge on any atom is -0.480 e. The molecule has 0 saturated carbocycles. The maximum absolute atomic E-state index is 11.4. The molecule has 1 heterocycles. The van der Waals surface area contributed by atoms with Gasteiger partial charge >= 0.3 is 12.0 Å². The number of rotatable bonds is 7. The summed E-state index contributed by atoms with van der Waals surface area (Å²) < 4.78 is 0. The predicted molar refractivity (Wildman–Crippen MR) is 72.3 cm³/mol. The first-order chi connectivity index (χ1) is 9.58. The summed E-state index contributed by atoms with van der Waals surface area (Å²) in [5.41, 5.74) is 0. The van der Waals surface area contributed by atoms with Gasteiger partial charge < -0.3 is 26.0 Å². The molecule has 1 rings (SSSR count). The van der Waals surface area contributed by atoms with E-state index in [0.717, 1.165) is 19.6 Å². The number of likely N-dealkylation sites (tertiary alicyclic amines) is 1.